The van der Waals surface area contributed by atoms with Crippen LogP contribution in [-0.4, -0.2) is 33.9 Å². The van der Waals surface area contributed by atoms with Crippen LogP contribution in [0, 0.1) is 0 Å². The number of amides is 1. The molecule has 0 bridgehead atoms. The van der Waals surface area contributed by atoms with Crippen molar-refractivity contribution in [2.45, 2.75) is 5.92 Å². The first-order chi connectivity index (χ1) is 13.5. The summed E-state index contributed by atoms with van der Waals surface area (Å²) in [5.41, 5.74) is 4.23. The van der Waals surface area contributed by atoms with Crippen LogP contribution in [0.5, 0.6) is 5.75 Å². The Morgan fingerprint density at radius 3 is 2.21 bits per heavy atom. The molecule has 1 aromatic heterocycles. The predicted octanol–water partition coefficient (Wildman–Crippen LogP) is 3.85. The number of rotatable bonds is 4. The van der Waals surface area contributed by atoms with Gasteiger partial charge in [-0.1, -0.05) is 48.5 Å². The number of pyridine rings is 1. The van der Waals surface area contributed by atoms with Gasteiger partial charge in [0.2, 0.25) is 0 Å². The maximum atomic E-state index is 12.2. The van der Waals surface area contributed by atoms with Crippen molar-refractivity contribution in [3.8, 4) is 16.9 Å². The van der Waals surface area contributed by atoms with Gasteiger partial charge in [0.25, 0.3) is 0 Å². The average Bonchev–Trinajstić information content (AvgIpc) is 3.02. The number of aromatic nitrogens is 1. The second-order valence-electron chi connectivity index (χ2n) is 6.35. The molecule has 4 rings (SSSR count). The lowest BCUT2D eigenvalue weighted by atomic mass is 9.98. The average molecular weight is 376 g/mol. The van der Waals surface area contributed by atoms with Gasteiger partial charge >= 0.3 is 12.1 Å². The van der Waals surface area contributed by atoms with Crippen LogP contribution in [0.1, 0.15) is 27.4 Å². The van der Waals surface area contributed by atoms with E-state index in [1.165, 1.54) is 0 Å². The Kier molecular flexibility index (Phi) is 4.41. The zero-order chi connectivity index (χ0) is 19.7. The Morgan fingerprint density at radius 2 is 1.64 bits per heavy atom. The molecule has 0 spiro atoms. The van der Waals surface area contributed by atoms with Gasteiger partial charge < -0.3 is 14.9 Å². The van der Waals surface area contributed by atoms with Crippen molar-refractivity contribution in [1.29, 1.82) is 0 Å². The summed E-state index contributed by atoms with van der Waals surface area (Å²) >= 11 is 0. The number of fused-ring (bicyclic) bond motifs is 3. The van der Waals surface area contributed by atoms with E-state index in [1.54, 1.807) is 0 Å². The van der Waals surface area contributed by atoms with Crippen LogP contribution in [0.25, 0.3) is 11.1 Å². The van der Waals surface area contributed by atoms with E-state index in [4.69, 9.17) is 9.84 Å². The highest BCUT2D eigenvalue weighted by molar-refractivity contribution is 5.90. The monoisotopic (exact) mass is 376 g/mol. The first-order valence-electron chi connectivity index (χ1n) is 8.59. The minimum atomic E-state index is -1.23. The fourth-order valence-corrected chi connectivity index (χ4v) is 3.40. The van der Waals surface area contributed by atoms with E-state index in [2.05, 4.69) is 10.3 Å². The van der Waals surface area contributed by atoms with Crippen molar-refractivity contribution in [2.75, 3.05) is 11.9 Å². The number of hydrogen-bond donors (Lipinski definition) is 3. The highest BCUT2D eigenvalue weighted by Crippen LogP contribution is 2.44. The number of nitrogens with zero attached hydrogens (tertiary/aromatic N) is 1. The van der Waals surface area contributed by atoms with Crippen LogP contribution in [0.2, 0.25) is 0 Å². The van der Waals surface area contributed by atoms with Crippen molar-refractivity contribution >= 4 is 17.9 Å². The summed E-state index contributed by atoms with van der Waals surface area (Å²) in [6.45, 7) is 0.119. The molecule has 0 atom stereocenters. The summed E-state index contributed by atoms with van der Waals surface area (Å²) in [4.78, 5) is 26.8. The number of carbonyl (C=O) groups excluding carboxylic acids is 1. The number of ether oxygens (including phenoxy) is 1. The molecule has 1 aliphatic carbocycles. The van der Waals surface area contributed by atoms with Crippen LogP contribution in [-0.2, 0) is 4.74 Å². The third-order valence-corrected chi connectivity index (χ3v) is 4.68. The van der Waals surface area contributed by atoms with Crippen LogP contribution in [0.4, 0.5) is 10.6 Å². The predicted molar refractivity (Wildman–Crippen MR) is 102 cm³/mol. The summed E-state index contributed by atoms with van der Waals surface area (Å²) in [5, 5.41) is 21.1. The van der Waals surface area contributed by atoms with Crippen LogP contribution in [0.15, 0.2) is 60.8 Å². The first kappa shape index (κ1) is 17.5. The Hall–Kier alpha value is -3.87. The molecule has 1 amide bonds. The van der Waals surface area contributed by atoms with Gasteiger partial charge in [0.05, 0.1) is 5.56 Å². The van der Waals surface area contributed by atoms with E-state index in [0.29, 0.717) is 0 Å². The minimum absolute atomic E-state index is 0.0888. The Balaban J connectivity index is 1.48. The lowest BCUT2D eigenvalue weighted by Crippen LogP contribution is -2.18. The standard InChI is InChI=1S/C21H16N2O5/c24-18-9-12(20(25)26)10-22-19(18)23-21(27)28-11-17-15-7-3-1-5-13(15)14-6-2-4-8-16(14)17/h1-10,17,24H,11H2,(H,25,26)(H,22,23,27). The van der Waals surface area contributed by atoms with Crippen molar-refractivity contribution < 1.29 is 24.5 Å². The highest BCUT2D eigenvalue weighted by atomic mass is 16.5. The summed E-state index contributed by atoms with van der Waals surface area (Å²) in [6.07, 6.45) is 0.258. The Labute approximate surface area is 160 Å². The lowest BCUT2D eigenvalue weighted by Gasteiger charge is -2.14. The second kappa shape index (κ2) is 7.03. The van der Waals surface area contributed by atoms with E-state index in [0.717, 1.165) is 34.5 Å². The number of anilines is 1. The number of carboxylic acids is 1. The molecule has 3 N–H and O–H groups in total. The number of benzene rings is 2. The Morgan fingerprint density at radius 1 is 1.04 bits per heavy atom. The van der Waals surface area contributed by atoms with Gasteiger partial charge in [-0.25, -0.2) is 14.6 Å². The van der Waals surface area contributed by atoms with Gasteiger partial charge in [0.1, 0.15) is 6.61 Å². The first-order valence-corrected chi connectivity index (χ1v) is 8.59. The topological polar surface area (TPSA) is 109 Å². The van der Waals surface area contributed by atoms with Gasteiger partial charge in [-0.2, -0.15) is 0 Å². The SMILES string of the molecule is O=C(Nc1ncc(C(=O)O)cc1O)OCC1c2ccccc2-c2ccccc21. The van der Waals surface area contributed by atoms with Crippen molar-refractivity contribution in [1.82, 2.24) is 4.98 Å². The largest absolute Gasteiger partial charge is 0.504 e. The summed E-state index contributed by atoms with van der Waals surface area (Å²) < 4.78 is 5.36. The molecule has 0 radical (unpaired) electrons. The normalized spacial score (nSPS) is 12.1. The van der Waals surface area contributed by atoms with E-state index < -0.39 is 17.8 Å². The molecule has 1 heterocycles. The number of aromatic carboxylic acids is 1. The van der Waals surface area contributed by atoms with E-state index in [1.807, 2.05) is 48.5 Å². The van der Waals surface area contributed by atoms with Gasteiger partial charge in [-0.15, -0.1) is 0 Å². The molecule has 0 aliphatic heterocycles. The zero-order valence-corrected chi connectivity index (χ0v) is 14.6. The molecule has 2 aromatic carbocycles. The van der Waals surface area contributed by atoms with Gasteiger partial charge in [-0.05, 0) is 28.3 Å². The number of carbonyl (C=O) groups is 2. The molecule has 1 aliphatic rings. The molecule has 140 valence electrons. The van der Waals surface area contributed by atoms with Crippen molar-refractivity contribution in [3.63, 3.8) is 0 Å². The summed E-state index contributed by atoms with van der Waals surface area (Å²) in [5.74, 6) is -1.93. The third-order valence-electron chi connectivity index (χ3n) is 4.68. The molecule has 7 nitrogen and oxygen atoms in total. The van der Waals surface area contributed by atoms with Crippen molar-refractivity contribution in [2.24, 2.45) is 0 Å². The van der Waals surface area contributed by atoms with Crippen molar-refractivity contribution in [3.05, 3.63) is 77.5 Å². The zero-order valence-electron chi connectivity index (χ0n) is 14.6. The van der Waals surface area contributed by atoms with E-state index >= 15 is 0 Å². The fraction of sp³-hybridized carbons (Fsp3) is 0.0952. The van der Waals surface area contributed by atoms with Gasteiger partial charge in [0.15, 0.2) is 11.6 Å². The summed E-state index contributed by atoms with van der Waals surface area (Å²) in [7, 11) is 0. The molecule has 0 fully saturated rings. The highest BCUT2D eigenvalue weighted by Gasteiger charge is 2.29. The number of hydrogen-bond acceptors (Lipinski definition) is 5. The molecule has 3 aromatic rings. The van der Waals surface area contributed by atoms with E-state index in [9.17, 15) is 14.7 Å². The molecule has 0 unspecified atom stereocenters. The molecular formula is C21H16N2O5. The smallest absolute Gasteiger partial charge is 0.412 e. The third kappa shape index (κ3) is 3.14. The Bertz CT molecular complexity index is 1030. The van der Waals surface area contributed by atoms with Gasteiger partial charge in [-0.3, -0.25) is 5.32 Å². The van der Waals surface area contributed by atoms with Crippen LogP contribution < -0.4 is 5.32 Å². The molecule has 28 heavy (non-hydrogen) atoms. The molecule has 7 heteroatoms. The number of carboxylic acid groups (broad SMARTS) is 1. The van der Waals surface area contributed by atoms with Crippen LogP contribution >= 0.6 is 0 Å². The van der Waals surface area contributed by atoms with Crippen LogP contribution in [0.3, 0.4) is 0 Å². The van der Waals surface area contributed by atoms with E-state index in [-0.39, 0.29) is 23.9 Å². The number of nitrogens with one attached hydrogen (secondary N) is 1. The molecular weight excluding hydrogens is 360 g/mol. The second-order valence-corrected chi connectivity index (χ2v) is 6.35. The maximum Gasteiger partial charge on any atom is 0.412 e. The summed E-state index contributed by atoms with van der Waals surface area (Å²) in [6, 6.07) is 17.0. The maximum absolute atomic E-state index is 12.2. The van der Waals surface area contributed by atoms with Gasteiger partial charge in [0, 0.05) is 12.1 Å². The fourth-order valence-electron chi connectivity index (χ4n) is 3.40. The minimum Gasteiger partial charge on any atom is -0.504 e. The molecule has 0 saturated carbocycles. The number of aromatic hydroxyl groups is 1. The molecule has 0 saturated heterocycles. The lowest BCUT2D eigenvalue weighted by molar-refractivity contribution is 0.0696. The quantitative estimate of drug-likeness (QED) is 0.638.